The normalized spacial score (nSPS) is 15.2. The maximum absolute atomic E-state index is 8.93. The first-order valence-electron chi connectivity index (χ1n) is 13.8. The van der Waals surface area contributed by atoms with Gasteiger partial charge in [-0.05, 0) is 0 Å². The average molecular weight is 656 g/mol. The van der Waals surface area contributed by atoms with Gasteiger partial charge in [0.05, 0.1) is 0 Å². The monoisotopic (exact) mass is 658 g/mol. The Labute approximate surface area is 209 Å². The maximum atomic E-state index is 8.93. The summed E-state index contributed by atoms with van der Waals surface area (Å²) in [5, 5.41) is 8.93. The molecule has 0 amide bonds. The minimum Gasteiger partial charge on any atom is -0.855 e. The summed E-state index contributed by atoms with van der Waals surface area (Å²) < 4.78 is 20.0. The van der Waals surface area contributed by atoms with Crippen molar-refractivity contribution in [2.75, 3.05) is 19.8 Å². The van der Waals surface area contributed by atoms with Crippen LogP contribution in [0.1, 0.15) is 119 Å². The van der Waals surface area contributed by atoms with Crippen molar-refractivity contribution in [2.45, 2.75) is 141 Å². The molecule has 1 fully saturated rings. The fraction of sp³-hybridized carbons (Fsp3) is 1.00. The summed E-state index contributed by atoms with van der Waals surface area (Å²) in [4.78, 5) is 0. The van der Waals surface area contributed by atoms with Gasteiger partial charge in [-0.1, -0.05) is 6.92 Å². The van der Waals surface area contributed by atoms with E-state index >= 15 is 0 Å². The van der Waals surface area contributed by atoms with Crippen LogP contribution in [0.2, 0.25) is 22.2 Å². The van der Waals surface area contributed by atoms with Gasteiger partial charge in [0.2, 0.25) is 0 Å². The van der Waals surface area contributed by atoms with Gasteiger partial charge in [-0.3, -0.25) is 0 Å². The average Bonchev–Trinajstić information content (AvgIpc) is 3.03. The summed E-state index contributed by atoms with van der Waals surface area (Å²) in [6.07, 6.45) is 16.4. The maximum Gasteiger partial charge on any atom is -0.0809 e. The molecule has 0 aliphatic carbocycles. The summed E-state index contributed by atoms with van der Waals surface area (Å²) in [6.45, 7) is 15.0. The van der Waals surface area contributed by atoms with Crippen molar-refractivity contribution < 1.29 is 11.3 Å². The Balaban J connectivity index is 0. The SMILES string of the molecule is CCC[CH2][Sn+]([CH2]CCC)[CH2]CCC.CCC[CH2][Sn]1([CH2]CCC)[O]CCCC[O]1.CC[O-]. The van der Waals surface area contributed by atoms with Crippen LogP contribution in [0.5, 0.6) is 0 Å². The summed E-state index contributed by atoms with van der Waals surface area (Å²) >= 11 is -3.40. The van der Waals surface area contributed by atoms with E-state index in [2.05, 4.69) is 34.6 Å². The molecule has 0 radical (unpaired) electrons. The Kier molecular flexibility index (Phi) is 31.0. The first kappa shape index (κ1) is 34.6. The third-order valence-electron chi connectivity index (χ3n) is 5.74. The van der Waals surface area contributed by atoms with Crippen molar-refractivity contribution in [3.05, 3.63) is 0 Å². The van der Waals surface area contributed by atoms with Crippen LogP contribution < -0.4 is 5.11 Å². The van der Waals surface area contributed by atoms with Crippen molar-refractivity contribution in [3.8, 4) is 0 Å². The fourth-order valence-corrected chi connectivity index (χ4v) is 23.8. The molecule has 0 unspecified atom stereocenters. The molecule has 1 saturated heterocycles. The molecule has 0 aromatic carbocycles. The summed E-state index contributed by atoms with van der Waals surface area (Å²) in [6, 6.07) is 0. The molecule has 0 N–H and O–H groups in total. The number of hydrogen-bond donors (Lipinski definition) is 0. The van der Waals surface area contributed by atoms with E-state index in [1.165, 1.54) is 85.9 Å². The van der Waals surface area contributed by atoms with Gasteiger partial charge >= 0.3 is 192 Å². The molecule has 0 spiro atoms. The Hall–Kier alpha value is 1.48. The van der Waals surface area contributed by atoms with Gasteiger partial charge in [0, 0.05) is 0 Å². The van der Waals surface area contributed by atoms with Crippen LogP contribution in [0.3, 0.4) is 0 Å². The van der Waals surface area contributed by atoms with Gasteiger partial charge < -0.3 is 5.11 Å². The largest absolute Gasteiger partial charge is 0.855 e. The predicted molar refractivity (Wildman–Crippen MR) is 142 cm³/mol. The summed E-state index contributed by atoms with van der Waals surface area (Å²) in [7, 11) is 0. The molecule has 1 heterocycles. The standard InChI is InChI=1S/C4H8O2.5C4H9.C2H5O.2Sn/c5-3-1-2-4-6;5*1-3-4-2;1-2-3;;/h1-4H2;5*1,3-4H2,2H3;2H2,1H3;;/q-2;;;;;;-1;+1;+2. The molecular weight excluding hydrogens is 598 g/mol. The van der Waals surface area contributed by atoms with Gasteiger partial charge in [-0.15, -0.1) is 6.61 Å². The van der Waals surface area contributed by atoms with Crippen LogP contribution in [-0.4, -0.2) is 58.8 Å². The van der Waals surface area contributed by atoms with E-state index in [1.807, 2.05) is 0 Å². The molecule has 1 aliphatic heterocycles. The van der Waals surface area contributed by atoms with Crippen LogP contribution in [-0.2, 0) is 6.15 Å². The molecule has 3 nitrogen and oxygen atoms in total. The van der Waals surface area contributed by atoms with Crippen molar-refractivity contribution in [3.63, 3.8) is 0 Å². The zero-order valence-electron chi connectivity index (χ0n) is 22.4. The Morgan fingerprint density at radius 3 is 1.23 bits per heavy atom. The second kappa shape index (κ2) is 27.7. The molecule has 0 aromatic rings. The molecule has 188 valence electrons. The van der Waals surface area contributed by atoms with E-state index in [9.17, 15) is 0 Å². The molecule has 0 bridgehead atoms. The minimum absolute atomic E-state index is 0. The molecule has 0 saturated carbocycles. The number of rotatable bonds is 15. The van der Waals surface area contributed by atoms with Crippen LogP contribution in [0.25, 0.3) is 0 Å². The topological polar surface area (TPSA) is 41.5 Å². The second-order valence-corrected chi connectivity index (χ2v) is 27.1. The third-order valence-corrected chi connectivity index (χ3v) is 25.4. The zero-order chi connectivity index (χ0) is 23.6. The Morgan fingerprint density at radius 1 is 0.613 bits per heavy atom. The van der Waals surface area contributed by atoms with Gasteiger partial charge in [-0.2, -0.15) is 0 Å². The predicted octanol–water partition coefficient (Wildman–Crippen LogP) is 8.10. The number of hydrogen-bond acceptors (Lipinski definition) is 3. The Morgan fingerprint density at radius 2 is 0.935 bits per heavy atom. The van der Waals surface area contributed by atoms with E-state index in [1.54, 1.807) is 20.2 Å². The first-order chi connectivity index (χ1) is 15.1. The quantitative estimate of drug-likeness (QED) is 0.168. The fourth-order valence-electron chi connectivity index (χ4n) is 3.72. The summed E-state index contributed by atoms with van der Waals surface area (Å²) in [5.74, 6) is 0. The molecule has 0 aromatic heterocycles. The molecule has 31 heavy (non-hydrogen) atoms. The van der Waals surface area contributed by atoms with Gasteiger partial charge in [-0.25, -0.2) is 0 Å². The molecular formula is C26H58O3Sn2. The molecule has 0 atom stereocenters. The van der Waals surface area contributed by atoms with Crippen LogP contribution in [0.15, 0.2) is 0 Å². The minimum atomic E-state index is -2.56. The van der Waals surface area contributed by atoms with Gasteiger partial charge in [0.1, 0.15) is 0 Å². The van der Waals surface area contributed by atoms with Crippen LogP contribution in [0, 0.1) is 0 Å². The first-order valence-corrected chi connectivity index (χ1v) is 26.2. The van der Waals surface area contributed by atoms with Gasteiger partial charge in [0.25, 0.3) is 0 Å². The third kappa shape index (κ3) is 23.0. The number of unbranched alkanes of at least 4 members (excludes halogenated alkanes) is 5. The van der Waals surface area contributed by atoms with Crippen molar-refractivity contribution in [1.29, 1.82) is 0 Å². The molecule has 1 aliphatic rings. The van der Waals surface area contributed by atoms with Gasteiger partial charge in [0.15, 0.2) is 0 Å². The van der Waals surface area contributed by atoms with E-state index in [0.29, 0.717) is 0 Å². The van der Waals surface area contributed by atoms with E-state index in [4.69, 9.17) is 11.3 Å². The second-order valence-electron chi connectivity index (χ2n) is 8.87. The van der Waals surface area contributed by atoms with Crippen molar-refractivity contribution in [2.24, 2.45) is 0 Å². The molecule has 5 heteroatoms. The van der Waals surface area contributed by atoms with E-state index < -0.39 is 39.0 Å². The van der Waals surface area contributed by atoms with Crippen LogP contribution in [0.4, 0.5) is 0 Å². The molecule has 1 rings (SSSR count). The van der Waals surface area contributed by atoms with E-state index in [0.717, 1.165) is 13.2 Å². The van der Waals surface area contributed by atoms with Crippen LogP contribution >= 0.6 is 0 Å². The smallest absolute Gasteiger partial charge is 0.0809 e. The summed E-state index contributed by atoms with van der Waals surface area (Å²) in [5.41, 5.74) is 0. The zero-order valence-corrected chi connectivity index (χ0v) is 28.1. The van der Waals surface area contributed by atoms with Crippen molar-refractivity contribution in [1.82, 2.24) is 0 Å². The Bertz CT molecular complexity index is 293. The van der Waals surface area contributed by atoms with Crippen molar-refractivity contribution >= 4 is 39.0 Å². The van der Waals surface area contributed by atoms with E-state index in [-0.39, 0.29) is 6.61 Å².